The van der Waals surface area contributed by atoms with Gasteiger partial charge in [-0.1, -0.05) is 10.6 Å². The van der Waals surface area contributed by atoms with Crippen LogP contribution in [0.4, 0.5) is 10.1 Å². The van der Waals surface area contributed by atoms with Crippen molar-refractivity contribution in [2.24, 2.45) is 0 Å². The average molecular weight is 291 g/mol. The maximum Gasteiger partial charge on any atom is 0.348 e. The van der Waals surface area contributed by atoms with Crippen molar-refractivity contribution in [1.29, 1.82) is 0 Å². The molecule has 6 heteroatoms. The van der Waals surface area contributed by atoms with Gasteiger partial charge in [-0.3, -0.25) is 4.79 Å². The second-order valence-corrected chi connectivity index (χ2v) is 5.26. The molecule has 0 aliphatic carbocycles. The van der Waals surface area contributed by atoms with Gasteiger partial charge < -0.3 is 10.2 Å². The lowest BCUT2D eigenvalue weighted by Gasteiger charge is -2.06. The van der Waals surface area contributed by atoms with E-state index in [1.165, 1.54) is 42.5 Å². The molecular weight excluding hydrogens is 280 g/mol. The summed E-state index contributed by atoms with van der Waals surface area (Å²) in [6, 6.07) is 9.90. The van der Waals surface area contributed by atoms with E-state index in [0.29, 0.717) is 11.3 Å². The molecule has 1 unspecified atom stereocenters. The first kappa shape index (κ1) is 14.3. The zero-order valence-corrected chi connectivity index (χ0v) is 11.5. The Morgan fingerprint density at radius 2 is 2.00 bits per heavy atom. The van der Waals surface area contributed by atoms with Crippen LogP contribution in [0.1, 0.15) is 15.9 Å². The number of halogens is 1. The van der Waals surface area contributed by atoms with Gasteiger partial charge in [0.1, 0.15) is 5.82 Å². The molecule has 0 fully saturated rings. The third-order valence-corrected chi connectivity index (χ3v) is 3.43. The maximum absolute atomic E-state index is 13.1. The third kappa shape index (κ3) is 3.26. The molecule has 0 aromatic heterocycles. The Labute approximate surface area is 116 Å². The van der Waals surface area contributed by atoms with Gasteiger partial charge >= 0.3 is 8.03 Å². The lowest BCUT2D eigenvalue weighted by atomic mass is 10.2. The van der Waals surface area contributed by atoms with Crippen molar-refractivity contribution in [3.8, 4) is 0 Å². The van der Waals surface area contributed by atoms with Crippen LogP contribution in [0.3, 0.4) is 0 Å². The van der Waals surface area contributed by atoms with Crippen molar-refractivity contribution in [1.82, 2.24) is 0 Å². The highest BCUT2D eigenvalue weighted by atomic mass is 31.1. The minimum Gasteiger partial charge on any atom is -0.591 e. The normalized spacial score (nSPS) is 11.1. The number of hydrogen-bond donors (Lipinski definition) is 1. The fourth-order valence-corrected chi connectivity index (χ4v) is 2.14. The number of carbonyl (C=O) groups is 1. The van der Waals surface area contributed by atoms with Gasteiger partial charge in [0.2, 0.25) is 0 Å². The van der Waals surface area contributed by atoms with Crippen LogP contribution in [-0.4, -0.2) is 5.91 Å². The van der Waals surface area contributed by atoms with Gasteiger partial charge in [-0.25, -0.2) is 4.39 Å². The van der Waals surface area contributed by atoms with Crippen LogP contribution in [0, 0.1) is 12.7 Å². The first-order valence-corrected chi connectivity index (χ1v) is 6.97. The van der Waals surface area contributed by atoms with Crippen molar-refractivity contribution in [3.63, 3.8) is 0 Å². The number of benzene rings is 2. The minimum absolute atomic E-state index is 0.0722. The predicted octanol–water partition coefficient (Wildman–Crippen LogP) is 2.11. The van der Waals surface area contributed by atoms with Crippen molar-refractivity contribution in [2.45, 2.75) is 6.92 Å². The molecule has 1 atom stereocenters. The number of hydrogen-bond acceptors (Lipinski definition) is 3. The molecule has 1 amide bonds. The smallest absolute Gasteiger partial charge is 0.348 e. The number of carbonyl (C=O) groups excluding carboxylic acids is 1. The Kier molecular flexibility index (Phi) is 4.23. The molecule has 2 rings (SSSR count). The zero-order valence-electron chi connectivity index (χ0n) is 10.6. The standard InChI is InChI=1S/C14H11FNO3P/c1-9-7-11(5-6-13(9)15)16-14(17)10-3-2-4-12(8-10)20(18)19/h2-8H,1H3,(H,16,17). The van der Waals surface area contributed by atoms with Crippen LogP contribution in [0.2, 0.25) is 0 Å². The first-order valence-electron chi connectivity index (χ1n) is 5.79. The van der Waals surface area contributed by atoms with Gasteiger partial charge in [0.15, 0.2) is 5.30 Å². The summed E-state index contributed by atoms with van der Waals surface area (Å²) in [6.07, 6.45) is 0. The second-order valence-electron chi connectivity index (χ2n) is 4.23. The van der Waals surface area contributed by atoms with E-state index in [0.717, 1.165) is 0 Å². The number of aryl methyl sites for hydroxylation is 1. The molecule has 1 N–H and O–H groups in total. The molecule has 0 saturated heterocycles. The van der Waals surface area contributed by atoms with E-state index in [2.05, 4.69) is 5.32 Å². The molecule has 0 radical (unpaired) electrons. The highest BCUT2D eigenvalue weighted by Crippen LogP contribution is 2.15. The van der Waals surface area contributed by atoms with Gasteiger partial charge in [0.05, 0.1) is 0 Å². The predicted molar refractivity (Wildman–Crippen MR) is 72.8 cm³/mol. The van der Waals surface area contributed by atoms with Crippen LogP contribution in [0.15, 0.2) is 42.5 Å². The Morgan fingerprint density at radius 1 is 1.25 bits per heavy atom. The van der Waals surface area contributed by atoms with E-state index >= 15 is 0 Å². The summed E-state index contributed by atoms with van der Waals surface area (Å²) >= 11 is 0. The van der Waals surface area contributed by atoms with Gasteiger partial charge in [-0.05, 0) is 42.8 Å². The molecule has 0 heterocycles. The number of anilines is 1. The number of amides is 1. The van der Waals surface area contributed by atoms with E-state index in [1.807, 2.05) is 0 Å². The largest absolute Gasteiger partial charge is 0.591 e. The Balaban J connectivity index is 2.21. The molecular formula is C14H11FNO3P. The highest BCUT2D eigenvalue weighted by Gasteiger charge is 2.12. The molecule has 0 bridgehead atoms. The van der Waals surface area contributed by atoms with E-state index in [9.17, 15) is 18.6 Å². The summed E-state index contributed by atoms with van der Waals surface area (Å²) in [5.41, 5.74) is 1.09. The summed E-state index contributed by atoms with van der Waals surface area (Å²) in [7, 11) is -2.73. The van der Waals surface area contributed by atoms with Gasteiger partial charge in [-0.2, -0.15) is 0 Å². The molecule has 0 aliphatic rings. The summed E-state index contributed by atoms with van der Waals surface area (Å²) in [5.74, 6) is -0.803. The lowest BCUT2D eigenvalue weighted by molar-refractivity contribution is -0.160. The fraction of sp³-hybridized carbons (Fsp3) is 0.0714. The second kappa shape index (κ2) is 5.90. The fourth-order valence-electron chi connectivity index (χ4n) is 1.69. The molecule has 0 aliphatic heterocycles. The van der Waals surface area contributed by atoms with E-state index < -0.39 is 13.9 Å². The van der Waals surface area contributed by atoms with Gasteiger partial charge in [0, 0.05) is 17.3 Å². The summed E-state index contributed by atoms with van der Waals surface area (Å²) < 4.78 is 24.0. The lowest BCUT2D eigenvalue weighted by Crippen LogP contribution is -2.15. The van der Waals surface area contributed by atoms with Crippen LogP contribution in [-0.2, 0) is 4.57 Å². The van der Waals surface area contributed by atoms with Crippen LogP contribution < -0.4 is 15.5 Å². The van der Waals surface area contributed by atoms with Crippen molar-refractivity contribution >= 4 is 24.9 Å². The molecule has 102 valence electrons. The van der Waals surface area contributed by atoms with Gasteiger partial charge in [-0.15, -0.1) is 0 Å². The van der Waals surface area contributed by atoms with E-state index in [1.54, 1.807) is 6.92 Å². The summed E-state index contributed by atoms with van der Waals surface area (Å²) in [6.45, 7) is 1.59. The van der Waals surface area contributed by atoms with Crippen molar-refractivity contribution in [2.75, 3.05) is 5.32 Å². The third-order valence-electron chi connectivity index (χ3n) is 2.73. The summed E-state index contributed by atoms with van der Waals surface area (Å²) in [4.78, 5) is 22.9. The highest BCUT2D eigenvalue weighted by molar-refractivity contribution is 7.45. The zero-order chi connectivity index (χ0) is 14.7. The van der Waals surface area contributed by atoms with Crippen molar-refractivity contribution in [3.05, 3.63) is 59.4 Å². The average Bonchev–Trinajstić information content (AvgIpc) is 2.43. The van der Waals surface area contributed by atoms with E-state index in [-0.39, 0.29) is 16.7 Å². The summed E-state index contributed by atoms with van der Waals surface area (Å²) in [5, 5.41) is 2.66. The SMILES string of the molecule is Cc1cc(NC(=O)c2cccc([P+](=O)[O-])c2)ccc1F. The minimum atomic E-state index is -2.73. The van der Waals surface area contributed by atoms with Gasteiger partial charge in [0.25, 0.3) is 5.91 Å². The number of rotatable bonds is 3. The Hall–Kier alpha value is -2.10. The Morgan fingerprint density at radius 3 is 2.65 bits per heavy atom. The molecule has 4 nitrogen and oxygen atoms in total. The molecule has 0 saturated carbocycles. The van der Waals surface area contributed by atoms with Crippen LogP contribution in [0.25, 0.3) is 0 Å². The molecule has 0 spiro atoms. The Bertz CT molecular complexity index is 688. The van der Waals surface area contributed by atoms with Crippen molar-refractivity contribution < 1.29 is 18.6 Å². The maximum atomic E-state index is 13.1. The molecule has 20 heavy (non-hydrogen) atoms. The van der Waals surface area contributed by atoms with Crippen LogP contribution in [0.5, 0.6) is 0 Å². The van der Waals surface area contributed by atoms with Crippen LogP contribution >= 0.6 is 8.03 Å². The quantitative estimate of drug-likeness (QED) is 0.881. The topological polar surface area (TPSA) is 69.2 Å². The monoisotopic (exact) mass is 291 g/mol. The van der Waals surface area contributed by atoms with E-state index in [4.69, 9.17) is 0 Å². The number of nitrogens with one attached hydrogen (secondary N) is 1. The first-order chi connectivity index (χ1) is 9.47. The molecule has 2 aromatic carbocycles. The molecule has 2 aromatic rings.